The first kappa shape index (κ1) is 12.6. The summed E-state index contributed by atoms with van der Waals surface area (Å²) in [6, 6.07) is 11.6. The van der Waals surface area contributed by atoms with Crippen molar-refractivity contribution in [1.82, 2.24) is 4.98 Å². The number of pyridine rings is 1. The number of rotatable bonds is 3. The molecular weight excluding hydrogens is 346 g/mol. The third kappa shape index (κ3) is 3.30. The SMILES string of the molecule is Cc1cccc(Oc2ccc(Br)c(CBr)c2)n1. The summed E-state index contributed by atoms with van der Waals surface area (Å²) < 4.78 is 6.77. The summed E-state index contributed by atoms with van der Waals surface area (Å²) in [7, 11) is 0. The maximum Gasteiger partial charge on any atom is 0.219 e. The second-order valence-electron chi connectivity index (χ2n) is 3.61. The third-order valence-electron chi connectivity index (χ3n) is 2.25. The first-order valence-corrected chi connectivity index (χ1v) is 7.06. The zero-order chi connectivity index (χ0) is 12.3. The lowest BCUT2D eigenvalue weighted by molar-refractivity contribution is 0.461. The number of halogens is 2. The van der Waals surface area contributed by atoms with Gasteiger partial charge in [0.2, 0.25) is 5.88 Å². The second-order valence-corrected chi connectivity index (χ2v) is 5.02. The molecule has 0 N–H and O–H groups in total. The zero-order valence-corrected chi connectivity index (χ0v) is 12.5. The number of hydrogen-bond donors (Lipinski definition) is 0. The van der Waals surface area contributed by atoms with Gasteiger partial charge in [0, 0.05) is 21.6 Å². The van der Waals surface area contributed by atoms with E-state index < -0.39 is 0 Å². The van der Waals surface area contributed by atoms with Gasteiger partial charge in [0.25, 0.3) is 0 Å². The van der Waals surface area contributed by atoms with Crippen LogP contribution >= 0.6 is 31.9 Å². The Morgan fingerprint density at radius 2 is 2.06 bits per heavy atom. The van der Waals surface area contributed by atoms with Gasteiger partial charge in [-0.2, -0.15) is 0 Å². The van der Waals surface area contributed by atoms with Gasteiger partial charge in [-0.3, -0.25) is 0 Å². The molecule has 0 aliphatic carbocycles. The molecule has 0 saturated heterocycles. The Morgan fingerprint density at radius 1 is 1.24 bits per heavy atom. The van der Waals surface area contributed by atoms with Gasteiger partial charge < -0.3 is 4.74 Å². The Morgan fingerprint density at radius 3 is 2.76 bits per heavy atom. The lowest BCUT2D eigenvalue weighted by atomic mass is 10.2. The van der Waals surface area contributed by atoms with Crippen LogP contribution in [0.1, 0.15) is 11.3 Å². The highest BCUT2D eigenvalue weighted by Crippen LogP contribution is 2.27. The van der Waals surface area contributed by atoms with E-state index in [0.29, 0.717) is 5.88 Å². The third-order valence-corrected chi connectivity index (χ3v) is 3.62. The van der Waals surface area contributed by atoms with E-state index in [1.54, 1.807) is 0 Å². The molecule has 0 amide bonds. The number of aryl methyl sites for hydroxylation is 1. The van der Waals surface area contributed by atoms with Gasteiger partial charge in [-0.25, -0.2) is 4.98 Å². The molecule has 4 heteroatoms. The summed E-state index contributed by atoms with van der Waals surface area (Å²) in [4.78, 5) is 4.30. The topological polar surface area (TPSA) is 22.1 Å². The molecule has 2 rings (SSSR count). The van der Waals surface area contributed by atoms with Crippen molar-refractivity contribution < 1.29 is 4.74 Å². The predicted octanol–water partition coefficient (Wildman–Crippen LogP) is 4.84. The molecule has 17 heavy (non-hydrogen) atoms. The van der Waals surface area contributed by atoms with Crippen LogP contribution in [0.2, 0.25) is 0 Å². The number of ether oxygens (including phenoxy) is 1. The van der Waals surface area contributed by atoms with E-state index in [9.17, 15) is 0 Å². The second kappa shape index (κ2) is 5.65. The first-order valence-electron chi connectivity index (χ1n) is 5.15. The van der Waals surface area contributed by atoms with Crippen LogP contribution in [0.5, 0.6) is 11.6 Å². The molecule has 0 fully saturated rings. The summed E-state index contributed by atoms with van der Waals surface area (Å²) >= 11 is 6.92. The van der Waals surface area contributed by atoms with Crippen LogP contribution in [0.4, 0.5) is 0 Å². The molecule has 0 aliphatic rings. The smallest absolute Gasteiger partial charge is 0.219 e. The molecule has 0 unspecified atom stereocenters. The number of benzene rings is 1. The maximum atomic E-state index is 5.70. The molecule has 0 aliphatic heterocycles. The largest absolute Gasteiger partial charge is 0.439 e. The average molecular weight is 357 g/mol. The number of alkyl halides is 1. The van der Waals surface area contributed by atoms with Gasteiger partial charge in [0.15, 0.2) is 0 Å². The first-order chi connectivity index (χ1) is 8.19. The Balaban J connectivity index is 2.24. The summed E-state index contributed by atoms with van der Waals surface area (Å²) in [5.41, 5.74) is 2.09. The molecule has 0 atom stereocenters. The van der Waals surface area contributed by atoms with Gasteiger partial charge in [-0.15, -0.1) is 0 Å². The van der Waals surface area contributed by atoms with Crippen molar-refractivity contribution in [3.63, 3.8) is 0 Å². The highest BCUT2D eigenvalue weighted by Gasteiger charge is 2.03. The van der Waals surface area contributed by atoms with E-state index in [2.05, 4.69) is 36.8 Å². The number of aromatic nitrogens is 1. The van der Waals surface area contributed by atoms with Gasteiger partial charge in [-0.05, 0) is 36.8 Å². The standard InChI is InChI=1S/C13H11Br2NO/c1-9-3-2-4-13(16-9)17-11-5-6-12(15)10(7-11)8-14/h2-7H,8H2,1H3. The lowest BCUT2D eigenvalue weighted by Gasteiger charge is -2.07. The van der Waals surface area contributed by atoms with Crippen LogP contribution in [0.25, 0.3) is 0 Å². The van der Waals surface area contributed by atoms with Crippen LogP contribution < -0.4 is 4.74 Å². The van der Waals surface area contributed by atoms with E-state index in [0.717, 1.165) is 26.8 Å². The molecule has 1 aromatic heterocycles. The fourth-order valence-electron chi connectivity index (χ4n) is 1.41. The molecule has 0 radical (unpaired) electrons. The predicted molar refractivity (Wildman–Crippen MR) is 75.8 cm³/mol. The van der Waals surface area contributed by atoms with Crippen molar-refractivity contribution in [2.75, 3.05) is 0 Å². The highest BCUT2D eigenvalue weighted by atomic mass is 79.9. The van der Waals surface area contributed by atoms with Crippen LogP contribution in [-0.2, 0) is 5.33 Å². The van der Waals surface area contributed by atoms with Gasteiger partial charge >= 0.3 is 0 Å². The summed E-state index contributed by atoms with van der Waals surface area (Å²) in [6.45, 7) is 1.94. The van der Waals surface area contributed by atoms with Crippen molar-refractivity contribution >= 4 is 31.9 Å². The molecule has 0 bridgehead atoms. The minimum atomic E-state index is 0.618. The molecule has 1 heterocycles. The lowest BCUT2D eigenvalue weighted by Crippen LogP contribution is -1.90. The average Bonchev–Trinajstić information content (AvgIpc) is 2.32. The van der Waals surface area contributed by atoms with E-state index in [-0.39, 0.29) is 0 Å². The minimum Gasteiger partial charge on any atom is -0.439 e. The van der Waals surface area contributed by atoms with Crippen LogP contribution in [0.3, 0.4) is 0 Å². The van der Waals surface area contributed by atoms with Crippen LogP contribution in [-0.4, -0.2) is 4.98 Å². The molecular formula is C13H11Br2NO. The Bertz CT molecular complexity index is 529. The van der Waals surface area contributed by atoms with E-state index in [4.69, 9.17) is 4.74 Å². The molecule has 0 spiro atoms. The van der Waals surface area contributed by atoms with Gasteiger partial charge in [0.1, 0.15) is 5.75 Å². The van der Waals surface area contributed by atoms with Crippen molar-refractivity contribution in [2.45, 2.75) is 12.3 Å². The molecule has 2 aromatic rings. The molecule has 2 nitrogen and oxygen atoms in total. The van der Waals surface area contributed by atoms with Crippen LogP contribution in [0.15, 0.2) is 40.9 Å². The fraction of sp³-hybridized carbons (Fsp3) is 0.154. The van der Waals surface area contributed by atoms with E-state index >= 15 is 0 Å². The van der Waals surface area contributed by atoms with Crippen molar-refractivity contribution in [3.05, 3.63) is 52.1 Å². The normalized spacial score (nSPS) is 10.3. The van der Waals surface area contributed by atoms with Gasteiger partial charge in [0.05, 0.1) is 0 Å². The van der Waals surface area contributed by atoms with E-state index in [1.165, 1.54) is 0 Å². The molecule has 0 saturated carbocycles. The summed E-state index contributed by atoms with van der Waals surface area (Å²) in [5.74, 6) is 1.41. The van der Waals surface area contributed by atoms with Crippen molar-refractivity contribution in [1.29, 1.82) is 0 Å². The Labute approximate surface area is 117 Å². The van der Waals surface area contributed by atoms with Crippen LogP contribution in [0, 0.1) is 6.92 Å². The zero-order valence-electron chi connectivity index (χ0n) is 9.28. The summed E-state index contributed by atoms with van der Waals surface area (Å²) in [6.07, 6.45) is 0. The molecule has 1 aromatic carbocycles. The maximum absolute atomic E-state index is 5.70. The minimum absolute atomic E-state index is 0.618. The quantitative estimate of drug-likeness (QED) is 0.734. The summed E-state index contributed by atoms with van der Waals surface area (Å²) in [5, 5.41) is 0.784. The van der Waals surface area contributed by atoms with Crippen molar-refractivity contribution in [2.24, 2.45) is 0 Å². The van der Waals surface area contributed by atoms with Crippen molar-refractivity contribution in [3.8, 4) is 11.6 Å². The van der Waals surface area contributed by atoms with E-state index in [1.807, 2.05) is 43.3 Å². The monoisotopic (exact) mass is 355 g/mol. The molecule has 88 valence electrons. The van der Waals surface area contributed by atoms with Gasteiger partial charge in [-0.1, -0.05) is 37.9 Å². The number of hydrogen-bond acceptors (Lipinski definition) is 2. The number of nitrogens with zero attached hydrogens (tertiary/aromatic N) is 1. The Hall–Kier alpha value is -0.870. The Kier molecular flexibility index (Phi) is 4.18. The fourth-order valence-corrected chi connectivity index (χ4v) is 2.64. The highest BCUT2D eigenvalue weighted by molar-refractivity contribution is 9.10.